The van der Waals surface area contributed by atoms with Gasteiger partial charge >= 0.3 is 5.97 Å². The van der Waals surface area contributed by atoms with Crippen LogP contribution in [0.15, 0.2) is 0 Å². The van der Waals surface area contributed by atoms with E-state index in [1.54, 1.807) is 0 Å². The third-order valence-corrected chi connectivity index (χ3v) is 1.41. The molecule has 3 heteroatoms. The lowest BCUT2D eigenvalue weighted by molar-refractivity contribution is -0.137. The Kier molecular flexibility index (Phi) is 1.21. The van der Waals surface area contributed by atoms with Gasteiger partial charge in [0.15, 0.2) is 0 Å². The van der Waals surface area contributed by atoms with Gasteiger partial charge in [-0.25, -0.2) is 0 Å². The Labute approximate surface area is 47.5 Å². The van der Waals surface area contributed by atoms with E-state index in [2.05, 4.69) is 0 Å². The van der Waals surface area contributed by atoms with Gasteiger partial charge < -0.3 is 10.8 Å². The minimum atomic E-state index is -0.733. The quantitative estimate of drug-likeness (QED) is 0.524. The first-order chi connectivity index (χ1) is 3.70. The zero-order chi connectivity index (χ0) is 6.15. The summed E-state index contributed by atoms with van der Waals surface area (Å²) in [5, 5.41) is 8.19. The first kappa shape index (κ1) is 5.56. The predicted octanol–water partition coefficient (Wildman–Crippen LogP) is -0.192. The Morgan fingerprint density at radius 3 is 2.50 bits per heavy atom. The molecule has 1 rings (SSSR count). The van der Waals surface area contributed by atoms with Crippen molar-refractivity contribution in [3.8, 4) is 0 Å². The van der Waals surface area contributed by atoms with Gasteiger partial charge in [0.2, 0.25) is 0 Å². The Morgan fingerprint density at radius 2 is 2.38 bits per heavy atom. The van der Waals surface area contributed by atoms with E-state index in [1.807, 2.05) is 0 Å². The second kappa shape index (κ2) is 1.74. The number of carbonyl (C=O) groups is 1. The maximum Gasteiger partial charge on any atom is 0.303 e. The van der Waals surface area contributed by atoms with Gasteiger partial charge in [0, 0.05) is 12.5 Å². The van der Waals surface area contributed by atoms with E-state index in [0.29, 0.717) is 0 Å². The molecule has 0 saturated heterocycles. The fraction of sp³-hybridized carbons (Fsp3) is 0.800. The van der Waals surface area contributed by atoms with E-state index in [0.717, 1.165) is 6.42 Å². The van der Waals surface area contributed by atoms with E-state index in [1.165, 1.54) is 0 Å². The number of hydrogen-bond acceptors (Lipinski definition) is 2. The number of nitrogens with two attached hydrogens (primary N) is 1. The van der Waals surface area contributed by atoms with Gasteiger partial charge in [-0.2, -0.15) is 0 Å². The molecule has 0 aromatic heterocycles. The molecule has 46 valence electrons. The molecule has 1 aliphatic rings. The summed E-state index contributed by atoms with van der Waals surface area (Å²) in [4.78, 5) is 9.94. The summed E-state index contributed by atoms with van der Waals surface area (Å²) in [6.45, 7) is 0. The van der Waals surface area contributed by atoms with Crippen LogP contribution in [-0.2, 0) is 4.79 Å². The van der Waals surface area contributed by atoms with Crippen molar-refractivity contribution < 1.29 is 9.90 Å². The normalized spacial score (nSPS) is 34.6. The van der Waals surface area contributed by atoms with Crippen molar-refractivity contribution in [3.63, 3.8) is 0 Å². The van der Waals surface area contributed by atoms with Crippen LogP contribution in [0.25, 0.3) is 0 Å². The lowest BCUT2D eigenvalue weighted by Crippen LogP contribution is -2.05. The fourth-order valence-corrected chi connectivity index (χ4v) is 0.730. The molecule has 3 N–H and O–H groups in total. The van der Waals surface area contributed by atoms with Crippen molar-refractivity contribution in [2.75, 3.05) is 0 Å². The zero-order valence-electron chi connectivity index (χ0n) is 4.50. The lowest BCUT2D eigenvalue weighted by atomic mass is 10.3. The Bertz CT molecular complexity index is 113. The molecule has 0 aromatic rings. The molecule has 3 nitrogen and oxygen atoms in total. The molecule has 8 heavy (non-hydrogen) atoms. The maximum atomic E-state index is 9.94. The molecule has 1 aliphatic carbocycles. The van der Waals surface area contributed by atoms with Crippen LogP contribution in [0.2, 0.25) is 0 Å². The van der Waals surface area contributed by atoms with Gasteiger partial charge in [-0.15, -0.1) is 0 Å². The minimum absolute atomic E-state index is 0.172. The summed E-state index contributed by atoms with van der Waals surface area (Å²) in [5.74, 6) is -0.463. The molecular formula is C5H9NO2. The summed E-state index contributed by atoms with van der Waals surface area (Å²) >= 11 is 0. The highest BCUT2D eigenvalue weighted by Crippen LogP contribution is 2.30. The average Bonchev–Trinajstić information content (AvgIpc) is 2.17. The van der Waals surface area contributed by atoms with Crippen molar-refractivity contribution in [1.82, 2.24) is 0 Å². The fourth-order valence-electron chi connectivity index (χ4n) is 0.730. The molecule has 0 unspecified atom stereocenters. The second-order valence-electron chi connectivity index (χ2n) is 2.26. The van der Waals surface area contributed by atoms with E-state index in [9.17, 15) is 4.79 Å². The minimum Gasteiger partial charge on any atom is -0.481 e. The highest BCUT2D eigenvalue weighted by atomic mass is 16.4. The SMILES string of the molecule is N[C@@H]1C[C@@H]1CC(=O)O. The van der Waals surface area contributed by atoms with Crippen molar-refractivity contribution in [2.24, 2.45) is 11.7 Å². The van der Waals surface area contributed by atoms with Gasteiger partial charge in [-0.05, 0) is 12.3 Å². The topological polar surface area (TPSA) is 63.3 Å². The summed E-state index contributed by atoms with van der Waals surface area (Å²) in [6.07, 6.45) is 1.15. The van der Waals surface area contributed by atoms with Crippen molar-refractivity contribution in [3.05, 3.63) is 0 Å². The Balaban J connectivity index is 2.14. The molecule has 0 spiro atoms. The average molecular weight is 115 g/mol. The van der Waals surface area contributed by atoms with Gasteiger partial charge in [-0.1, -0.05) is 0 Å². The van der Waals surface area contributed by atoms with Crippen LogP contribution in [0.5, 0.6) is 0 Å². The van der Waals surface area contributed by atoms with Gasteiger partial charge in [0.1, 0.15) is 0 Å². The first-order valence-corrected chi connectivity index (χ1v) is 2.67. The van der Waals surface area contributed by atoms with E-state index >= 15 is 0 Å². The lowest BCUT2D eigenvalue weighted by Gasteiger charge is -1.86. The smallest absolute Gasteiger partial charge is 0.303 e. The first-order valence-electron chi connectivity index (χ1n) is 2.67. The predicted molar refractivity (Wildman–Crippen MR) is 28.3 cm³/mol. The number of rotatable bonds is 2. The van der Waals surface area contributed by atoms with Gasteiger partial charge in [0.25, 0.3) is 0 Å². The molecule has 0 aromatic carbocycles. The summed E-state index contributed by atoms with van der Waals surface area (Å²) in [6, 6.07) is 0.172. The zero-order valence-corrected chi connectivity index (χ0v) is 4.50. The molecule has 0 amide bonds. The van der Waals surface area contributed by atoms with Crippen LogP contribution in [0.1, 0.15) is 12.8 Å². The largest absolute Gasteiger partial charge is 0.481 e. The summed E-state index contributed by atoms with van der Waals surface area (Å²) in [5.41, 5.74) is 5.35. The van der Waals surface area contributed by atoms with E-state index in [-0.39, 0.29) is 18.4 Å². The number of carboxylic acid groups (broad SMARTS) is 1. The highest BCUT2D eigenvalue weighted by molar-refractivity contribution is 5.67. The summed E-state index contributed by atoms with van der Waals surface area (Å²) < 4.78 is 0. The molecule has 0 radical (unpaired) electrons. The third kappa shape index (κ3) is 1.20. The van der Waals surface area contributed by atoms with Crippen LogP contribution in [0, 0.1) is 5.92 Å². The third-order valence-electron chi connectivity index (χ3n) is 1.41. The standard InChI is InChI=1S/C5H9NO2/c6-4-1-3(4)2-5(7)8/h3-4H,1-2,6H2,(H,7,8)/t3-,4-/m1/s1. The van der Waals surface area contributed by atoms with Crippen LogP contribution in [0.4, 0.5) is 0 Å². The number of hydrogen-bond donors (Lipinski definition) is 2. The Morgan fingerprint density at radius 1 is 1.88 bits per heavy atom. The highest BCUT2D eigenvalue weighted by Gasteiger charge is 2.34. The molecule has 0 aliphatic heterocycles. The van der Waals surface area contributed by atoms with Crippen molar-refractivity contribution in [2.45, 2.75) is 18.9 Å². The Hall–Kier alpha value is -0.570. The molecule has 2 atom stereocenters. The van der Waals surface area contributed by atoms with Crippen LogP contribution < -0.4 is 5.73 Å². The molecular weight excluding hydrogens is 106 g/mol. The van der Waals surface area contributed by atoms with Gasteiger partial charge in [0.05, 0.1) is 0 Å². The number of aliphatic carboxylic acids is 1. The van der Waals surface area contributed by atoms with Crippen molar-refractivity contribution >= 4 is 5.97 Å². The maximum absolute atomic E-state index is 9.94. The number of carboxylic acids is 1. The molecule has 0 heterocycles. The summed E-state index contributed by atoms with van der Waals surface area (Å²) in [7, 11) is 0. The molecule has 1 saturated carbocycles. The van der Waals surface area contributed by atoms with Crippen molar-refractivity contribution in [1.29, 1.82) is 0 Å². The van der Waals surface area contributed by atoms with Gasteiger partial charge in [-0.3, -0.25) is 4.79 Å². The van der Waals surface area contributed by atoms with Crippen LogP contribution >= 0.6 is 0 Å². The molecule has 1 fully saturated rings. The van der Waals surface area contributed by atoms with Crippen LogP contribution in [-0.4, -0.2) is 17.1 Å². The molecule has 0 bridgehead atoms. The van der Waals surface area contributed by atoms with E-state index in [4.69, 9.17) is 10.8 Å². The monoisotopic (exact) mass is 115 g/mol. The van der Waals surface area contributed by atoms with Crippen LogP contribution in [0.3, 0.4) is 0 Å². The van der Waals surface area contributed by atoms with E-state index < -0.39 is 5.97 Å². The second-order valence-corrected chi connectivity index (χ2v) is 2.26.